The fourth-order valence-corrected chi connectivity index (χ4v) is 3.78. The Hall–Kier alpha value is -2.20. The van der Waals surface area contributed by atoms with E-state index in [-0.39, 0.29) is 31.3 Å². The molecule has 0 aliphatic heterocycles. The van der Waals surface area contributed by atoms with Gasteiger partial charge < -0.3 is 10.1 Å². The molecule has 2 aliphatic rings. The quantitative estimate of drug-likeness (QED) is 0.765. The van der Waals surface area contributed by atoms with Crippen LogP contribution in [0.25, 0.3) is 0 Å². The highest BCUT2D eigenvalue weighted by molar-refractivity contribution is 5.74. The van der Waals surface area contributed by atoms with E-state index in [9.17, 15) is 9.18 Å². The van der Waals surface area contributed by atoms with Crippen molar-refractivity contribution in [2.45, 2.75) is 43.5 Å². The van der Waals surface area contributed by atoms with Gasteiger partial charge in [-0.15, -0.1) is 0 Å². The van der Waals surface area contributed by atoms with Crippen molar-refractivity contribution in [3.63, 3.8) is 0 Å². The summed E-state index contributed by atoms with van der Waals surface area (Å²) in [6.45, 7) is 0.581. The van der Waals surface area contributed by atoms with Crippen LogP contribution < -0.4 is 5.32 Å². The Morgan fingerprint density at radius 2 is 1.73 bits per heavy atom. The van der Waals surface area contributed by atoms with Gasteiger partial charge in [0.25, 0.3) is 0 Å². The summed E-state index contributed by atoms with van der Waals surface area (Å²) >= 11 is 0. The molecule has 4 heteroatoms. The Balaban J connectivity index is 1.17. The van der Waals surface area contributed by atoms with Crippen LogP contribution in [0, 0.1) is 5.92 Å². The van der Waals surface area contributed by atoms with Crippen LogP contribution in [0.5, 0.6) is 0 Å². The van der Waals surface area contributed by atoms with Gasteiger partial charge in [0.1, 0.15) is 12.3 Å². The highest BCUT2D eigenvalue weighted by atomic mass is 19.1. The van der Waals surface area contributed by atoms with Crippen molar-refractivity contribution in [3.8, 4) is 0 Å². The van der Waals surface area contributed by atoms with Crippen molar-refractivity contribution >= 4 is 5.97 Å². The molecule has 2 aromatic carbocycles. The van der Waals surface area contributed by atoms with E-state index in [1.165, 1.54) is 5.56 Å². The Morgan fingerprint density at radius 3 is 2.42 bits per heavy atom. The molecule has 3 nitrogen and oxygen atoms in total. The number of benzene rings is 2. The number of carbonyl (C=O) groups excluding carboxylic acids is 1. The molecule has 0 amide bonds. The molecule has 2 aliphatic carbocycles. The van der Waals surface area contributed by atoms with E-state index in [0.29, 0.717) is 18.5 Å². The van der Waals surface area contributed by atoms with E-state index in [4.69, 9.17) is 4.74 Å². The summed E-state index contributed by atoms with van der Waals surface area (Å²) < 4.78 is 20.0. The Labute approximate surface area is 153 Å². The first-order chi connectivity index (χ1) is 12.6. The van der Waals surface area contributed by atoms with Gasteiger partial charge in [-0.1, -0.05) is 60.7 Å². The molecule has 136 valence electrons. The number of hydrogen-bond donors (Lipinski definition) is 1. The van der Waals surface area contributed by atoms with Crippen LogP contribution in [0.3, 0.4) is 0 Å². The lowest BCUT2D eigenvalue weighted by atomic mass is 9.72. The lowest BCUT2D eigenvalue weighted by molar-refractivity contribution is -0.159. The van der Waals surface area contributed by atoms with E-state index >= 15 is 0 Å². The van der Waals surface area contributed by atoms with Gasteiger partial charge in [0, 0.05) is 18.5 Å². The monoisotopic (exact) mass is 353 g/mol. The molecule has 26 heavy (non-hydrogen) atoms. The van der Waals surface area contributed by atoms with Gasteiger partial charge >= 0.3 is 5.97 Å². The number of ether oxygens (including phenoxy) is 1. The Kier molecular flexibility index (Phi) is 4.77. The van der Waals surface area contributed by atoms with Crippen molar-refractivity contribution in [3.05, 3.63) is 71.8 Å². The number of nitrogens with one attached hydrogen (secondary N) is 1. The third kappa shape index (κ3) is 3.96. The van der Waals surface area contributed by atoms with Gasteiger partial charge in [-0.25, -0.2) is 4.39 Å². The molecule has 4 rings (SSSR count). The minimum atomic E-state index is -1.28. The molecule has 0 aromatic heterocycles. The van der Waals surface area contributed by atoms with E-state index < -0.39 is 5.67 Å². The maximum atomic E-state index is 14.7. The molecule has 0 radical (unpaired) electrons. The summed E-state index contributed by atoms with van der Waals surface area (Å²) in [5.41, 5.74) is 0.989. The first-order valence-electron chi connectivity index (χ1n) is 9.31. The number of rotatable bonds is 7. The molecular weight excluding hydrogens is 329 g/mol. The minimum Gasteiger partial charge on any atom is -0.461 e. The molecule has 0 heterocycles. The summed E-state index contributed by atoms with van der Waals surface area (Å²) in [6, 6.07) is 20.3. The van der Waals surface area contributed by atoms with Crippen molar-refractivity contribution in [2.75, 3.05) is 6.54 Å². The van der Waals surface area contributed by atoms with Crippen LogP contribution in [0.1, 0.15) is 36.3 Å². The van der Waals surface area contributed by atoms with E-state index in [0.717, 1.165) is 12.0 Å². The smallest absolute Gasteiger partial charge is 0.309 e. The van der Waals surface area contributed by atoms with Crippen molar-refractivity contribution in [1.29, 1.82) is 0 Å². The molecule has 1 N–H and O–H groups in total. The SMILES string of the molecule is O=C(OCc1ccccc1)C1CC(F)(CNC2CC2c2ccccc2)C1. The normalized spacial score (nSPS) is 29.7. The number of hydrogen-bond acceptors (Lipinski definition) is 3. The minimum absolute atomic E-state index is 0.258. The second-order valence-corrected chi connectivity index (χ2v) is 7.59. The fraction of sp³-hybridized carbons (Fsp3) is 0.409. The zero-order chi connectivity index (χ0) is 18.0. The van der Waals surface area contributed by atoms with Crippen molar-refractivity contribution in [2.24, 2.45) is 5.92 Å². The van der Waals surface area contributed by atoms with Crippen LogP contribution in [-0.2, 0) is 16.1 Å². The van der Waals surface area contributed by atoms with Gasteiger partial charge in [-0.05, 0) is 30.4 Å². The molecular formula is C22H24FNO2. The standard InChI is InChI=1S/C22H24FNO2/c23-22(15-24-20-11-19(20)17-9-5-2-6-10-17)12-18(13-22)21(25)26-14-16-7-3-1-4-8-16/h1-10,18-20,24H,11-15H2. The molecule has 0 spiro atoms. The topological polar surface area (TPSA) is 38.3 Å². The number of esters is 1. The largest absolute Gasteiger partial charge is 0.461 e. The van der Waals surface area contributed by atoms with Crippen LogP contribution in [0.15, 0.2) is 60.7 Å². The average molecular weight is 353 g/mol. The fourth-order valence-electron chi connectivity index (χ4n) is 3.78. The van der Waals surface area contributed by atoms with Gasteiger partial charge in [0.2, 0.25) is 0 Å². The third-order valence-corrected chi connectivity index (χ3v) is 5.48. The molecule has 2 saturated carbocycles. The van der Waals surface area contributed by atoms with Crippen LogP contribution in [-0.4, -0.2) is 24.2 Å². The van der Waals surface area contributed by atoms with E-state index in [1.807, 2.05) is 48.5 Å². The predicted octanol–water partition coefficient (Wildman–Crippen LogP) is 3.99. The van der Waals surface area contributed by atoms with Crippen LogP contribution in [0.2, 0.25) is 0 Å². The predicted molar refractivity (Wildman–Crippen MR) is 98.4 cm³/mol. The summed E-state index contributed by atoms with van der Waals surface area (Å²) in [5, 5.41) is 3.34. The second-order valence-electron chi connectivity index (χ2n) is 7.59. The maximum Gasteiger partial charge on any atom is 0.309 e. The maximum absolute atomic E-state index is 14.7. The highest BCUT2D eigenvalue weighted by Crippen LogP contribution is 2.44. The Morgan fingerprint density at radius 1 is 1.08 bits per heavy atom. The van der Waals surface area contributed by atoms with Crippen molar-refractivity contribution in [1.82, 2.24) is 5.32 Å². The first kappa shape index (κ1) is 17.2. The summed E-state index contributed by atoms with van der Waals surface area (Å²) in [4.78, 5) is 12.1. The highest BCUT2D eigenvalue weighted by Gasteiger charge is 2.50. The number of carbonyl (C=O) groups is 1. The zero-order valence-electron chi connectivity index (χ0n) is 14.7. The van der Waals surface area contributed by atoms with E-state index in [1.54, 1.807) is 0 Å². The molecule has 0 saturated heterocycles. The van der Waals surface area contributed by atoms with Crippen LogP contribution >= 0.6 is 0 Å². The van der Waals surface area contributed by atoms with Gasteiger partial charge in [0.15, 0.2) is 0 Å². The Bertz CT molecular complexity index is 743. The van der Waals surface area contributed by atoms with Gasteiger partial charge in [-0.3, -0.25) is 4.79 Å². The third-order valence-electron chi connectivity index (χ3n) is 5.48. The van der Waals surface area contributed by atoms with E-state index in [2.05, 4.69) is 17.4 Å². The van der Waals surface area contributed by atoms with Gasteiger partial charge in [-0.2, -0.15) is 0 Å². The van der Waals surface area contributed by atoms with Crippen LogP contribution in [0.4, 0.5) is 4.39 Å². The second kappa shape index (κ2) is 7.20. The molecule has 2 atom stereocenters. The lowest BCUT2D eigenvalue weighted by Crippen LogP contribution is -2.50. The van der Waals surface area contributed by atoms with Gasteiger partial charge in [0.05, 0.1) is 5.92 Å². The molecule has 2 unspecified atom stereocenters. The summed E-state index contributed by atoms with van der Waals surface area (Å²) in [6.07, 6.45) is 1.58. The zero-order valence-corrected chi connectivity index (χ0v) is 14.7. The molecule has 2 aromatic rings. The first-order valence-corrected chi connectivity index (χ1v) is 9.31. The molecule has 2 fully saturated rings. The molecule has 0 bridgehead atoms. The number of halogens is 1. The average Bonchev–Trinajstić information content (AvgIpc) is 3.43. The summed E-state index contributed by atoms with van der Waals surface area (Å²) in [7, 11) is 0. The summed E-state index contributed by atoms with van der Waals surface area (Å²) in [5.74, 6) is -0.100. The number of alkyl halides is 1. The van der Waals surface area contributed by atoms with Crippen molar-refractivity contribution < 1.29 is 13.9 Å². The lowest BCUT2D eigenvalue weighted by Gasteiger charge is -2.40.